The molecule has 50 heavy (non-hydrogen) atoms. The number of benzene rings is 4. The second kappa shape index (κ2) is 12.3. The maximum Gasteiger partial charge on any atom is 0.196 e. The van der Waals surface area contributed by atoms with Gasteiger partial charge in [-0.1, -0.05) is 71.0 Å². The number of nitrogens with one attached hydrogen (secondary N) is 1. The Bertz CT molecular complexity index is 2340. The molecule has 11 nitrogen and oxygen atoms in total. The Morgan fingerprint density at radius 1 is 0.760 bits per heavy atom. The SMILES string of the molecule is Cc1cc(C)c(S(=O)(=O)[O-])c(C)c1Nc1cc(Oc2ccc(C(C)(C)CC(C)(C)C)cc2S(=O)(=O)[O-])c(N)c2c1C(=O)c1ccccc1C2=O. The van der Waals surface area contributed by atoms with E-state index in [4.69, 9.17) is 10.5 Å². The zero-order valence-electron chi connectivity index (χ0n) is 29.0. The average Bonchev–Trinajstić information content (AvgIpc) is 2.96. The summed E-state index contributed by atoms with van der Waals surface area (Å²) >= 11 is 0. The van der Waals surface area contributed by atoms with E-state index in [-0.39, 0.29) is 67.4 Å². The van der Waals surface area contributed by atoms with Crippen molar-refractivity contribution < 1.29 is 40.3 Å². The number of ether oxygens (including phenoxy) is 1. The number of carbonyl (C=O) groups excluding carboxylic acids is 2. The molecule has 0 aliphatic heterocycles. The van der Waals surface area contributed by atoms with E-state index in [1.807, 2.05) is 34.6 Å². The van der Waals surface area contributed by atoms with E-state index in [0.29, 0.717) is 17.5 Å². The van der Waals surface area contributed by atoms with Gasteiger partial charge in [0.1, 0.15) is 26.0 Å². The number of nitrogen functional groups attached to an aromatic ring is 1. The largest absolute Gasteiger partial charge is 0.744 e. The Morgan fingerprint density at radius 3 is 1.88 bits per heavy atom. The van der Waals surface area contributed by atoms with Crippen molar-refractivity contribution in [1.29, 1.82) is 0 Å². The molecule has 0 aromatic heterocycles. The molecule has 0 spiro atoms. The predicted molar refractivity (Wildman–Crippen MR) is 188 cm³/mol. The van der Waals surface area contributed by atoms with Crippen molar-refractivity contribution in [2.45, 2.75) is 77.0 Å². The van der Waals surface area contributed by atoms with Crippen LogP contribution in [0.5, 0.6) is 11.5 Å². The molecule has 0 heterocycles. The number of rotatable bonds is 8. The van der Waals surface area contributed by atoms with Crippen molar-refractivity contribution in [3.63, 3.8) is 0 Å². The van der Waals surface area contributed by atoms with Crippen molar-refractivity contribution in [3.05, 3.63) is 99.1 Å². The molecule has 264 valence electrons. The van der Waals surface area contributed by atoms with E-state index in [0.717, 1.165) is 0 Å². The van der Waals surface area contributed by atoms with E-state index >= 15 is 0 Å². The summed E-state index contributed by atoms with van der Waals surface area (Å²) in [7, 11) is -10.0. The summed E-state index contributed by atoms with van der Waals surface area (Å²) in [5, 5.41) is 3.05. The lowest BCUT2D eigenvalue weighted by Crippen LogP contribution is -2.25. The summed E-state index contributed by atoms with van der Waals surface area (Å²) in [6, 6.07) is 13.2. The molecule has 13 heteroatoms. The summed E-state index contributed by atoms with van der Waals surface area (Å²) in [6.07, 6.45) is 0.663. The van der Waals surface area contributed by atoms with Gasteiger partial charge in [0.2, 0.25) is 0 Å². The maximum atomic E-state index is 14.0. The fraction of sp³-hybridized carbons (Fsp3) is 0.297. The zero-order valence-corrected chi connectivity index (χ0v) is 30.6. The fourth-order valence-corrected chi connectivity index (χ4v) is 8.67. The van der Waals surface area contributed by atoms with Crippen molar-refractivity contribution in [2.24, 2.45) is 5.41 Å². The minimum Gasteiger partial charge on any atom is -0.744 e. The number of hydrogen-bond donors (Lipinski definition) is 2. The van der Waals surface area contributed by atoms with Crippen LogP contribution in [0.4, 0.5) is 17.1 Å². The Morgan fingerprint density at radius 2 is 1.34 bits per heavy atom. The van der Waals surface area contributed by atoms with E-state index in [1.54, 1.807) is 25.1 Å². The Balaban J connectivity index is 1.75. The van der Waals surface area contributed by atoms with Crippen molar-refractivity contribution in [3.8, 4) is 11.5 Å². The highest BCUT2D eigenvalue weighted by Crippen LogP contribution is 2.46. The molecule has 4 aromatic rings. The summed E-state index contributed by atoms with van der Waals surface area (Å²) in [5.41, 5.74) is 6.97. The molecule has 0 bridgehead atoms. The first-order chi connectivity index (χ1) is 22.9. The summed E-state index contributed by atoms with van der Waals surface area (Å²) in [4.78, 5) is 26.9. The van der Waals surface area contributed by atoms with E-state index < -0.39 is 47.0 Å². The second-order valence-electron chi connectivity index (χ2n) is 14.5. The molecular formula is C37H38N2O9S2-2. The first kappa shape index (κ1) is 36.7. The number of ketones is 2. The monoisotopic (exact) mass is 718 g/mol. The van der Waals surface area contributed by atoms with Gasteiger partial charge in [-0.2, -0.15) is 0 Å². The standard InChI is InChI=1S/C37H40N2O9S2/c1-19-15-20(2)35(50(45,46)47)21(3)32(19)39-25-17-27(31(38)30-29(25)33(40)23-11-9-10-12-24(23)34(30)41)48-26-14-13-22(16-28(26)49(42,43)44)37(7,8)18-36(4,5)6/h9-17,39H,18,38H2,1-8H3,(H,42,43,44)(H,45,46,47)/p-2. The number of carbonyl (C=O) groups is 2. The van der Waals surface area contributed by atoms with Crippen LogP contribution < -0.4 is 15.8 Å². The van der Waals surface area contributed by atoms with Gasteiger partial charge < -0.3 is 24.9 Å². The quantitative estimate of drug-likeness (QED) is 0.123. The third-order valence-corrected chi connectivity index (χ3v) is 10.8. The third-order valence-electron chi connectivity index (χ3n) is 8.80. The van der Waals surface area contributed by atoms with Gasteiger partial charge in [0.15, 0.2) is 17.3 Å². The van der Waals surface area contributed by atoms with Crippen LogP contribution >= 0.6 is 0 Å². The van der Waals surface area contributed by atoms with Crippen LogP contribution in [0.3, 0.4) is 0 Å². The van der Waals surface area contributed by atoms with Crippen LogP contribution in [0.2, 0.25) is 0 Å². The third kappa shape index (κ3) is 6.78. The van der Waals surface area contributed by atoms with Gasteiger partial charge >= 0.3 is 0 Å². The summed E-state index contributed by atoms with van der Waals surface area (Å²) < 4.78 is 80.6. The zero-order chi connectivity index (χ0) is 37.3. The first-order valence-electron chi connectivity index (χ1n) is 15.7. The van der Waals surface area contributed by atoms with E-state index in [1.165, 1.54) is 50.2 Å². The smallest absolute Gasteiger partial charge is 0.196 e. The van der Waals surface area contributed by atoms with E-state index in [9.17, 15) is 35.5 Å². The van der Waals surface area contributed by atoms with Crippen LogP contribution in [-0.4, -0.2) is 37.5 Å². The average molecular weight is 719 g/mol. The minimum atomic E-state index is -5.10. The molecule has 4 aromatic carbocycles. The van der Waals surface area contributed by atoms with Crippen LogP contribution in [0.25, 0.3) is 0 Å². The number of fused-ring (bicyclic) bond motifs is 2. The molecule has 0 unspecified atom stereocenters. The first-order valence-corrected chi connectivity index (χ1v) is 18.5. The number of hydrogen-bond acceptors (Lipinski definition) is 11. The molecule has 0 saturated heterocycles. The Kier molecular flexibility index (Phi) is 9.06. The summed E-state index contributed by atoms with van der Waals surface area (Å²) in [6.45, 7) is 14.6. The molecule has 0 atom stereocenters. The molecule has 1 aliphatic carbocycles. The van der Waals surface area contributed by atoms with Gasteiger partial charge in [0, 0.05) is 22.9 Å². The normalized spacial score (nSPS) is 13.6. The van der Waals surface area contributed by atoms with Gasteiger partial charge in [-0.25, -0.2) is 16.8 Å². The molecule has 0 amide bonds. The highest BCUT2D eigenvalue weighted by molar-refractivity contribution is 7.86. The van der Waals surface area contributed by atoms with Gasteiger partial charge in [-0.15, -0.1) is 0 Å². The minimum absolute atomic E-state index is 0.0317. The summed E-state index contributed by atoms with van der Waals surface area (Å²) in [5.74, 6) is -1.79. The van der Waals surface area contributed by atoms with E-state index in [2.05, 4.69) is 5.32 Å². The highest BCUT2D eigenvalue weighted by Gasteiger charge is 2.36. The maximum absolute atomic E-state index is 14.0. The fourth-order valence-electron chi connectivity index (χ4n) is 7.11. The van der Waals surface area contributed by atoms with Crippen LogP contribution in [0.1, 0.15) is 95.1 Å². The van der Waals surface area contributed by atoms with Gasteiger partial charge in [-0.3, -0.25) is 9.59 Å². The van der Waals surface area contributed by atoms with Crippen molar-refractivity contribution >= 4 is 48.9 Å². The molecule has 0 radical (unpaired) electrons. The second-order valence-corrected chi connectivity index (χ2v) is 17.2. The molecule has 3 N–H and O–H groups in total. The predicted octanol–water partition coefficient (Wildman–Crippen LogP) is 7.03. The van der Waals surface area contributed by atoms with Gasteiger partial charge in [0.05, 0.1) is 32.3 Å². The number of aryl methyl sites for hydroxylation is 2. The lowest BCUT2D eigenvalue weighted by molar-refractivity contribution is 0.0980. The topological polar surface area (TPSA) is 196 Å². The molecular weight excluding hydrogens is 681 g/mol. The Labute approximate surface area is 292 Å². The lowest BCUT2D eigenvalue weighted by Gasteiger charge is -2.33. The number of anilines is 3. The van der Waals surface area contributed by atoms with Crippen molar-refractivity contribution in [2.75, 3.05) is 11.1 Å². The van der Waals surface area contributed by atoms with Gasteiger partial charge in [-0.05, 0) is 72.4 Å². The van der Waals surface area contributed by atoms with Crippen LogP contribution in [0, 0.1) is 26.2 Å². The van der Waals surface area contributed by atoms with Gasteiger partial charge in [0.25, 0.3) is 0 Å². The van der Waals surface area contributed by atoms with Crippen LogP contribution in [-0.2, 0) is 25.7 Å². The lowest BCUT2D eigenvalue weighted by atomic mass is 9.72. The molecule has 0 fully saturated rings. The molecule has 1 aliphatic rings. The van der Waals surface area contributed by atoms with Crippen molar-refractivity contribution in [1.82, 2.24) is 0 Å². The van der Waals surface area contributed by atoms with Crippen LogP contribution in [0.15, 0.2) is 64.4 Å². The number of nitrogens with two attached hydrogens (primary N) is 1. The molecule has 0 saturated carbocycles. The Hall–Kier alpha value is -4.56. The molecule has 5 rings (SSSR count). The highest BCUT2D eigenvalue weighted by atomic mass is 32.2.